The Balaban J connectivity index is 1.38. The first-order valence-electron chi connectivity index (χ1n) is 22.5. The number of aliphatic carboxylic acids is 1. The third-order valence-corrected chi connectivity index (χ3v) is 15.0. The van der Waals surface area contributed by atoms with E-state index in [1.807, 2.05) is 48.5 Å². The van der Waals surface area contributed by atoms with E-state index in [1.165, 1.54) is 0 Å². The van der Waals surface area contributed by atoms with E-state index in [-0.39, 0.29) is 42.8 Å². The molecule has 0 radical (unpaired) electrons. The van der Waals surface area contributed by atoms with Crippen LogP contribution >= 0.6 is 0 Å². The number of amides is 1. The molecule has 4 fully saturated rings. The van der Waals surface area contributed by atoms with E-state index >= 15 is 0 Å². The number of Topliss-reactive ketones (excluding diaryl/α,β-unsaturated/α-hetero) is 1. The van der Waals surface area contributed by atoms with E-state index in [4.69, 9.17) is 28.4 Å². The normalized spacial score (nSPS) is 42.5. The highest BCUT2D eigenvalue weighted by Gasteiger charge is 2.64. The first-order valence-corrected chi connectivity index (χ1v) is 22.5. The molecule has 1 unspecified atom stereocenters. The average Bonchev–Trinajstić information content (AvgIpc) is 3.54. The summed E-state index contributed by atoms with van der Waals surface area (Å²) in [5, 5.41) is 44.7. The van der Waals surface area contributed by atoms with Gasteiger partial charge in [-0.3, -0.25) is 9.59 Å². The van der Waals surface area contributed by atoms with Crippen LogP contribution in [0.1, 0.15) is 133 Å². The number of aliphatic hydroxyl groups excluding tert-OH is 2. The molecule has 0 aromatic rings. The minimum Gasteiger partial charge on any atom is -0.481 e. The number of ether oxygens (including phenoxy) is 6. The second-order valence-corrected chi connectivity index (χ2v) is 18.9. The molecule has 14 heteroatoms. The Morgan fingerprint density at radius 1 is 0.915 bits per heavy atom. The molecule has 5 aliphatic heterocycles. The summed E-state index contributed by atoms with van der Waals surface area (Å²) in [5.74, 6) is -6.41. The van der Waals surface area contributed by atoms with Crippen molar-refractivity contribution in [1.82, 2.24) is 5.32 Å². The van der Waals surface area contributed by atoms with Crippen molar-refractivity contribution in [2.45, 2.75) is 199 Å². The van der Waals surface area contributed by atoms with Gasteiger partial charge in [-0.05, 0) is 95.6 Å². The number of alkyl carbamates (subject to hydrolysis) is 1. The zero-order valence-corrected chi connectivity index (χ0v) is 37.2. The molecule has 0 aromatic carbocycles. The van der Waals surface area contributed by atoms with Crippen molar-refractivity contribution in [3.05, 3.63) is 12.2 Å². The highest BCUT2D eigenvalue weighted by Crippen LogP contribution is 2.54. The molecule has 5 N–H and O–H groups in total. The maximum absolute atomic E-state index is 14.6. The Morgan fingerprint density at radius 3 is 2.22 bits per heavy atom. The van der Waals surface area contributed by atoms with E-state index in [1.54, 1.807) is 19.1 Å². The Kier molecular flexibility index (Phi) is 15.5. The van der Waals surface area contributed by atoms with Crippen molar-refractivity contribution in [3.8, 4) is 0 Å². The van der Waals surface area contributed by atoms with Crippen molar-refractivity contribution in [1.29, 1.82) is 0 Å². The van der Waals surface area contributed by atoms with Gasteiger partial charge >= 0.3 is 12.1 Å². The van der Waals surface area contributed by atoms with Gasteiger partial charge in [0, 0.05) is 36.6 Å². The van der Waals surface area contributed by atoms with E-state index < -0.39 is 95.1 Å². The van der Waals surface area contributed by atoms with E-state index in [0.29, 0.717) is 57.8 Å². The molecule has 5 aliphatic rings. The van der Waals surface area contributed by atoms with E-state index in [9.17, 15) is 34.8 Å². The zero-order chi connectivity index (χ0) is 43.7. The zero-order valence-electron chi connectivity index (χ0n) is 37.2. The molecule has 59 heavy (non-hydrogen) atoms. The summed E-state index contributed by atoms with van der Waals surface area (Å²) in [6.45, 7) is 19.1. The van der Waals surface area contributed by atoms with Crippen LogP contribution in [0.4, 0.5) is 4.79 Å². The van der Waals surface area contributed by atoms with Gasteiger partial charge in [0.25, 0.3) is 0 Å². The second kappa shape index (κ2) is 19.1. The molecular formula is C45H75NO13. The lowest BCUT2D eigenvalue weighted by Crippen LogP contribution is -2.63. The highest BCUT2D eigenvalue weighted by molar-refractivity contribution is 5.84. The molecule has 0 saturated carbocycles. The summed E-state index contributed by atoms with van der Waals surface area (Å²) in [6, 6.07) is 0. The Hall–Kier alpha value is -2.17. The van der Waals surface area contributed by atoms with Crippen molar-refractivity contribution >= 4 is 17.8 Å². The SMILES string of the molecule is CC[C@@H](C(=O)[C@@H](C)[C@@H](O)[C@H](C)[C@@H]1O[C@@H]([C@@H](CC)C(=O)O)CCC1C)[C@H]1O[C@]2(C=C[C@@H](OC(=O)NCCO)[C@]3(CC[C@@](C)([C@H]4CC[C@](O)(CC)[C@H](C)O4)O3)O2)[C@H](C)C[C@@H]1C. The molecule has 2 spiro atoms. The maximum atomic E-state index is 14.6. The lowest BCUT2D eigenvalue weighted by molar-refractivity contribution is -0.408. The average molecular weight is 838 g/mol. The van der Waals surface area contributed by atoms with Crippen LogP contribution in [-0.2, 0) is 38.0 Å². The van der Waals surface area contributed by atoms with Gasteiger partial charge in [0.1, 0.15) is 5.78 Å². The Morgan fingerprint density at radius 2 is 1.61 bits per heavy atom. The lowest BCUT2D eigenvalue weighted by Gasteiger charge is -2.54. The first kappa shape index (κ1) is 47.9. The van der Waals surface area contributed by atoms with Crippen LogP contribution in [0.25, 0.3) is 0 Å². The predicted octanol–water partition coefficient (Wildman–Crippen LogP) is 5.91. The van der Waals surface area contributed by atoms with Crippen LogP contribution in [-0.4, -0.2) is 117 Å². The fraction of sp³-hybridized carbons (Fsp3) is 0.889. The number of hydrogen-bond acceptors (Lipinski definition) is 12. The smallest absolute Gasteiger partial charge is 0.408 e. The number of nitrogens with one attached hydrogen (secondary N) is 1. The van der Waals surface area contributed by atoms with Crippen molar-refractivity contribution in [3.63, 3.8) is 0 Å². The fourth-order valence-corrected chi connectivity index (χ4v) is 10.9. The molecule has 0 aromatic heterocycles. The van der Waals surface area contributed by atoms with Gasteiger partial charge in [-0.2, -0.15) is 0 Å². The predicted molar refractivity (Wildman–Crippen MR) is 218 cm³/mol. The van der Waals surface area contributed by atoms with Crippen molar-refractivity contribution < 1.29 is 63.2 Å². The lowest BCUT2D eigenvalue weighted by atomic mass is 9.72. The minimum absolute atomic E-state index is 0.00902. The Bertz CT molecular complexity index is 1490. The van der Waals surface area contributed by atoms with Gasteiger partial charge < -0.3 is 54.2 Å². The summed E-state index contributed by atoms with van der Waals surface area (Å²) in [7, 11) is 0. The number of hydrogen-bond donors (Lipinski definition) is 5. The molecule has 14 nitrogen and oxygen atoms in total. The number of aliphatic hydroxyl groups is 3. The molecule has 5 heterocycles. The Labute approximate surface area is 351 Å². The summed E-state index contributed by atoms with van der Waals surface area (Å²) < 4.78 is 40.0. The topological polar surface area (TPSA) is 200 Å². The van der Waals surface area contributed by atoms with Crippen LogP contribution in [0, 0.1) is 41.4 Å². The number of carbonyl (C=O) groups is 3. The summed E-state index contributed by atoms with van der Waals surface area (Å²) in [5.41, 5.74) is -1.80. The molecule has 18 atom stereocenters. The van der Waals surface area contributed by atoms with Gasteiger partial charge in [0.05, 0.1) is 60.4 Å². The van der Waals surface area contributed by atoms with Crippen LogP contribution < -0.4 is 5.32 Å². The van der Waals surface area contributed by atoms with Gasteiger partial charge in [-0.15, -0.1) is 0 Å². The molecular weight excluding hydrogens is 762 g/mol. The number of carbonyl (C=O) groups excluding carboxylic acids is 2. The summed E-state index contributed by atoms with van der Waals surface area (Å²) in [4.78, 5) is 39.5. The van der Waals surface area contributed by atoms with Crippen molar-refractivity contribution in [2.75, 3.05) is 13.2 Å². The van der Waals surface area contributed by atoms with Crippen LogP contribution in [0.3, 0.4) is 0 Å². The van der Waals surface area contributed by atoms with E-state index in [2.05, 4.69) is 19.2 Å². The molecule has 0 aliphatic carbocycles. The number of carboxylic acid groups (broad SMARTS) is 1. The second-order valence-electron chi connectivity index (χ2n) is 18.9. The standard InChI is InChI=1S/C45H75NO13/c1-11-31(40(50)51)33-15-14-25(4)38(55-33)29(8)36(48)28(7)37(49)32(12-2)39-26(5)24-27(6)44(57-39)19-17-35(56-41(52)46-22-23-47)45(59-44)21-20-42(10,58-45)34-16-18-43(53,13-3)30(9)54-34/h17,19,25-36,38-39,47-48,53H,11-16,18,20-24H2,1-10H3,(H,46,52)(H,50,51)/t25?,26-,27+,28-,29-,30-,31+,32-,33+,34+,35+,36+,38+,39-,42-,43+,44-,45-/m0/s1. The molecule has 0 bridgehead atoms. The third kappa shape index (κ3) is 9.60. The van der Waals surface area contributed by atoms with Gasteiger partial charge in [-0.25, -0.2) is 4.79 Å². The van der Waals surface area contributed by atoms with Gasteiger partial charge in [0.15, 0.2) is 11.9 Å². The molecule has 338 valence electrons. The number of carboxylic acids is 1. The first-order chi connectivity index (χ1) is 27.7. The maximum Gasteiger partial charge on any atom is 0.408 e. The third-order valence-electron chi connectivity index (χ3n) is 15.0. The molecule has 1 amide bonds. The van der Waals surface area contributed by atoms with E-state index in [0.717, 1.165) is 6.42 Å². The van der Waals surface area contributed by atoms with Gasteiger partial charge in [0.2, 0.25) is 5.79 Å². The quantitative estimate of drug-likeness (QED) is 0.122. The number of rotatable bonds is 15. The fourth-order valence-electron chi connectivity index (χ4n) is 10.9. The van der Waals surface area contributed by atoms with Gasteiger partial charge in [-0.1, -0.05) is 55.4 Å². The van der Waals surface area contributed by atoms with Crippen molar-refractivity contribution in [2.24, 2.45) is 41.4 Å². The van der Waals surface area contributed by atoms with Crippen LogP contribution in [0.15, 0.2) is 12.2 Å². The highest BCUT2D eigenvalue weighted by atomic mass is 16.8. The minimum atomic E-state index is -1.48. The summed E-state index contributed by atoms with van der Waals surface area (Å²) in [6.07, 6.45) is 4.02. The number of ketones is 1. The monoisotopic (exact) mass is 838 g/mol. The molecule has 5 rings (SSSR count). The van der Waals surface area contributed by atoms with Crippen LogP contribution in [0.2, 0.25) is 0 Å². The molecule has 4 saturated heterocycles. The summed E-state index contributed by atoms with van der Waals surface area (Å²) >= 11 is 0. The van der Waals surface area contributed by atoms with Crippen LogP contribution in [0.5, 0.6) is 0 Å². The largest absolute Gasteiger partial charge is 0.481 e.